The van der Waals surface area contributed by atoms with Gasteiger partial charge < -0.3 is 21.1 Å². The summed E-state index contributed by atoms with van der Waals surface area (Å²) in [6.45, 7) is 0. The van der Waals surface area contributed by atoms with E-state index in [1.54, 1.807) is 0 Å². The van der Waals surface area contributed by atoms with Gasteiger partial charge in [-0.05, 0) is 10.3 Å². The summed E-state index contributed by atoms with van der Waals surface area (Å²) in [5.41, 5.74) is 4.79. The van der Waals surface area contributed by atoms with Crippen molar-refractivity contribution < 1.29 is 55.9 Å². The number of nitrogens with one attached hydrogen (secondary N) is 1. The van der Waals surface area contributed by atoms with Crippen LogP contribution in [-0.2, 0) is 9.59 Å². The highest BCUT2D eigenvalue weighted by Gasteiger charge is 2.38. The topological polar surface area (TPSA) is 184 Å². The largest absolute Gasteiger partial charge is 0.490 e. The number of carbonyl (C=O) groups is 2. The Balaban J connectivity index is 0. The van der Waals surface area contributed by atoms with Gasteiger partial charge in [0.25, 0.3) is 5.88 Å². The summed E-state index contributed by atoms with van der Waals surface area (Å²) in [7, 11) is 0. The summed E-state index contributed by atoms with van der Waals surface area (Å²) in [6, 6.07) is 0. The quantitative estimate of drug-likeness (QED) is 0.269. The van der Waals surface area contributed by atoms with E-state index in [9.17, 15) is 26.3 Å². The fourth-order valence-corrected chi connectivity index (χ4v) is 0.354. The monoisotopic (exact) mass is 356 g/mol. The number of rotatable bonds is 1. The number of nitrogens with zero attached hydrogens (tertiary/aromatic N) is 2. The van der Waals surface area contributed by atoms with E-state index in [-0.39, 0.29) is 11.5 Å². The van der Waals surface area contributed by atoms with Crippen LogP contribution in [-0.4, -0.2) is 55.8 Å². The standard InChI is InChI=1S/C3H4N4O2.2C2HF3O2/c4-2(5)1-3(8)7-9-6-1;2*3-2(4,5)1(6)7/h(H3,4,5)(H,7,8);2*(H,6,7). The molecule has 0 saturated heterocycles. The summed E-state index contributed by atoms with van der Waals surface area (Å²) < 4.78 is 67.5. The Bertz CT molecular complexity index is 528. The smallest absolute Gasteiger partial charge is 0.489 e. The van der Waals surface area contributed by atoms with Crippen molar-refractivity contribution in [3.63, 3.8) is 0 Å². The van der Waals surface area contributed by atoms with Crippen LogP contribution in [0.25, 0.3) is 0 Å². The summed E-state index contributed by atoms with van der Waals surface area (Å²) in [5, 5.41) is 35.7. The SMILES string of the molecule is N=C(N)c1nonc1O.O=C(O)C(F)(F)F.O=C(O)C(F)(F)F. The maximum absolute atomic E-state index is 10.6. The molecule has 0 bridgehead atoms. The first-order chi connectivity index (χ1) is 10.1. The number of aromatic hydroxyl groups is 1. The van der Waals surface area contributed by atoms with Crippen molar-refractivity contribution in [3.05, 3.63) is 5.69 Å². The van der Waals surface area contributed by atoms with Crippen molar-refractivity contribution >= 4 is 17.8 Å². The Hall–Kier alpha value is -3.07. The molecule has 1 rings (SSSR count). The highest BCUT2D eigenvalue weighted by atomic mass is 19.4. The predicted octanol–water partition coefficient (Wildman–Crippen LogP) is 0.326. The van der Waals surface area contributed by atoms with E-state index in [1.807, 2.05) is 0 Å². The molecular formula is C7H6F6N4O6. The number of nitrogens with two attached hydrogens (primary N) is 1. The van der Waals surface area contributed by atoms with E-state index in [1.165, 1.54) is 0 Å². The van der Waals surface area contributed by atoms with E-state index >= 15 is 0 Å². The van der Waals surface area contributed by atoms with Gasteiger partial charge in [-0.2, -0.15) is 26.3 Å². The molecule has 0 atom stereocenters. The molecule has 0 radical (unpaired) electrons. The average molecular weight is 356 g/mol. The maximum atomic E-state index is 10.6. The van der Waals surface area contributed by atoms with Crippen LogP contribution in [0.5, 0.6) is 5.88 Å². The average Bonchev–Trinajstić information content (AvgIpc) is 2.74. The molecule has 1 aromatic rings. The molecule has 23 heavy (non-hydrogen) atoms. The second-order valence-electron chi connectivity index (χ2n) is 2.96. The van der Waals surface area contributed by atoms with Crippen LogP contribution in [0.2, 0.25) is 0 Å². The summed E-state index contributed by atoms with van der Waals surface area (Å²) in [4.78, 5) is 17.8. The van der Waals surface area contributed by atoms with Gasteiger partial charge in [0.2, 0.25) is 5.69 Å². The molecule has 0 amide bonds. The first-order valence-corrected chi connectivity index (χ1v) is 4.56. The first kappa shape index (κ1) is 22.2. The molecule has 0 unspecified atom stereocenters. The number of halogens is 6. The van der Waals surface area contributed by atoms with Crippen molar-refractivity contribution in [2.24, 2.45) is 5.73 Å². The molecule has 1 heterocycles. The predicted molar refractivity (Wildman–Crippen MR) is 54.4 cm³/mol. The molecule has 1 aromatic heterocycles. The second-order valence-corrected chi connectivity index (χ2v) is 2.96. The fourth-order valence-electron chi connectivity index (χ4n) is 0.354. The lowest BCUT2D eigenvalue weighted by molar-refractivity contribution is -0.193. The van der Waals surface area contributed by atoms with Crippen molar-refractivity contribution in [2.75, 3.05) is 0 Å². The highest BCUT2D eigenvalue weighted by Crippen LogP contribution is 2.13. The number of aliphatic carboxylic acids is 2. The number of nitrogen functional groups attached to an aromatic ring is 1. The molecular weight excluding hydrogens is 350 g/mol. The van der Waals surface area contributed by atoms with Gasteiger partial charge in [-0.15, -0.1) is 0 Å². The number of amidine groups is 1. The zero-order valence-electron chi connectivity index (χ0n) is 10.3. The Morgan fingerprint density at radius 2 is 1.30 bits per heavy atom. The molecule has 6 N–H and O–H groups in total. The maximum Gasteiger partial charge on any atom is 0.490 e. The number of carboxylic acid groups (broad SMARTS) is 2. The lowest BCUT2D eigenvalue weighted by Gasteiger charge is -1.93. The van der Waals surface area contributed by atoms with Crippen LogP contribution in [0.3, 0.4) is 0 Å². The highest BCUT2D eigenvalue weighted by molar-refractivity contribution is 5.94. The molecule has 0 aromatic carbocycles. The van der Waals surface area contributed by atoms with Crippen molar-refractivity contribution in [1.82, 2.24) is 10.3 Å². The Labute approximate surface area is 120 Å². The number of hydrogen-bond acceptors (Lipinski definition) is 7. The Kier molecular flexibility index (Phi) is 8.11. The van der Waals surface area contributed by atoms with E-state index < -0.39 is 30.2 Å². The van der Waals surface area contributed by atoms with Gasteiger partial charge in [0, 0.05) is 0 Å². The van der Waals surface area contributed by atoms with Gasteiger partial charge in [0.1, 0.15) is 0 Å². The van der Waals surface area contributed by atoms with Crippen LogP contribution < -0.4 is 5.73 Å². The molecule has 132 valence electrons. The zero-order valence-corrected chi connectivity index (χ0v) is 10.3. The molecule has 16 heteroatoms. The molecule has 0 saturated carbocycles. The zero-order chi connectivity index (χ0) is 19.0. The minimum absolute atomic E-state index is 0.130. The Morgan fingerprint density at radius 1 is 1.00 bits per heavy atom. The van der Waals surface area contributed by atoms with Crippen molar-refractivity contribution in [1.29, 1.82) is 5.41 Å². The van der Waals surface area contributed by atoms with E-state index in [0.29, 0.717) is 0 Å². The van der Waals surface area contributed by atoms with Crippen LogP contribution in [0.4, 0.5) is 26.3 Å². The minimum atomic E-state index is -5.08. The van der Waals surface area contributed by atoms with Gasteiger partial charge in [0.05, 0.1) is 0 Å². The van der Waals surface area contributed by atoms with Gasteiger partial charge >= 0.3 is 24.3 Å². The third-order valence-corrected chi connectivity index (χ3v) is 1.21. The van der Waals surface area contributed by atoms with E-state index in [2.05, 4.69) is 14.9 Å². The van der Waals surface area contributed by atoms with Crippen LogP contribution >= 0.6 is 0 Å². The van der Waals surface area contributed by atoms with Gasteiger partial charge in [-0.25, -0.2) is 14.2 Å². The molecule has 10 nitrogen and oxygen atoms in total. The lowest BCUT2D eigenvalue weighted by atomic mass is 10.4. The molecule has 0 aliphatic heterocycles. The molecule has 0 spiro atoms. The molecule has 0 aliphatic rings. The van der Waals surface area contributed by atoms with Gasteiger partial charge in [-0.3, -0.25) is 5.41 Å². The number of alkyl halides is 6. The second kappa shape index (κ2) is 8.39. The van der Waals surface area contributed by atoms with E-state index in [0.717, 1.165) is 0 Å². The van der Waals surface area contributed by atoms with Crippen LogP contribution in [0.15, 0.2) is 4.63 Å². The van der Waals surface area contributed by atoms with E-state index in [4.69, 9.17) is 36.1 Å². The molecule has 0 aliphatic carbocycles. The van der Waals surface area contributed by atoms with Crippen LogP contribution in [0.1, 0.15) is 5.69 Å². The lowest BCUT2D eigenvalue weighted by Crippen LogP contribution is -2.21. The normalized spacial score (nSPS) is 10.5. The number of aromatic nitrogens is 2. The van der Waals surface area contributed by atoms with Gasteiger partial charge in [0.15, 0.2) is 5.84 Å². The summed E-state index contributed by atoms with van der Waals surface area (Å²) in [5.74, 6) is -6.34. The van der Waals surface area contributed by atoms with Crippen LogP contribution in [0, 0.1) is 5.41 Å². The third kappa shape index (κ3) is 10.3. The minimum Gasteiger partial charge on any atom is -0.489 e. The number of carboxylic acids is 2. The molecule has 0 fully saturated rings. The van der Waals surface area contributed by atoms with Crippen molar-refractivity contribution in [2.45, 2.75) is 12.4 Å². The fraction of sp³-hybridized carbons (Fsp3) is 0.286. The van der Waals surface area contributed by atoms with Crippen molar-refractivity contribution in [3.8, 4) is 5.88 Å². The number of hydrogen-bond donors (Lipinski definition) is 5. The first-order valence-electron chi connectivity index (χ1n) is 4.56. The van der Waals surface area contributed by atoms with Gasteiger partial charge in [-0.1, -0.05) is 0 Å². The Morgan fingerprint density at radius 3 is 1.39 bits per heavy atom. The summed E-state index contributed by atoms with van der Waals surface area (Å²) >= 11 is 0. The summed E-state index contributed by atoms with van der Waals surface area (Å²) in [6.07, 6.45) is -10.2. The third-order valence-electron chi connectivity index (χ3n) is 1.21.